The van der Waals surface area contributed by atoms with E-state index in [1.54, 1.807) is 18.2 Å². The molecule has 0 radical (unpaired) electrons. The van der Waals surface area contributed by atoms with Crippen molar-refractivity contribution in [1.82, 2.24) is 14.8 Å². The van der Waals surface area contributed by atoms with Crippen LogP contribution in [0, 0.1) is 5.82 Å². The summed E-state index contributed by atoms with van der Waals surface area (Å²) in [5, 5.41) is 0. The summed E-state index contributed by atoms with van der Waals surface area (Å²) in [5.74, 6) is 1.47. The average molecular weight is 387 g/mol. The number of hydrogen-bond acceptors (Lipinski definition) is 4. The number of hydrogen-bond donors (Lipinski definition) is 0. The van der Waals surface area contributed by atoms with E-state index in [1.807, 2.05) is 11.1 Å². The molecule has 0 atom stereocenters. The Kier molecular flexibility index (Phi) is 6.50. The van der Waals surface area contributed by atoms with Gasteiger partial charge in [0.05, 0.1) is 12.7 Å². The molecule has 5 nitrogen and oxygen atoms in total. The van der Waals surface area contributed by atoms with Crippen molar-refractivity contribution in [3.05, 3.63) is 53.5 Å². The monoisotopic (exact) mass is 387 g/mol. The summed E-state index contributed by atoms with van der Waals surface area (Å²) in [6.45, 7) is 10.1. The Bertz CT molecular complexity index is 797. The maximum atomic E-state index is 13.7. The smallest absolute Gasteiger partial charge is 0.222 e. The van der Waals surface area contributed by atoms with Gasteiger partial charge >= 0.3 is 0 Å². The first-order chi connectivity index (χ1) is 13.3. The molecular formula is C22H30FN3O2. The third-order valence-electron chi connectivity index (χ3n) is 5.16. The molecule has 1 saturated heterocycles. The van der Waals surface area contributed by atoms with Crippen LogP contribution in [0.3, 0.4) is 0 Å². The van der Waals surface area contributed by atoms with Crippen LogP contribution in [-0.2, 0) is 23.2 Å². The molecule has 2 aromatic rings. The maximum Gasteiger partial charge on any atom is 0.222 e. The summed E-state index contributed by atoms with van der Waals surface area (Å²) >= 11 is 0. The van der Waals surface area contributed by atoms with E-state index in [4.69, 9.17) is 4.42 Å². The molecule has 1 aromatic heterocycles. The molecule has 0 bridgehead atoms. The fourth-order valence-electron chi connectivity index (χ4n) is 3.40. The van der Waals surface area contributed by atoms with Gasteiger partial charge in [-0.2, -0.15) is 0 Å². The predicted molar refractivity (Wildman–Crippen MR) is 106 cm³/mol. The van der Waals surface area contributed by atoms with Crippen LogP contribution >= 0.6 is 0 Å². The molecule has 1 aliphatic rings. The van der Waals surface area contributed by atoms with Crippen molar-refractivity contribution in [3.8, 4) is 0 Å². The minimum absolute atomic E-state index is 0.0501. The topological polar surface area (TPSA) is 49.6 Å². The number of carbonyl (C=O) groups excluding carboxylic acids is 1. The molecule has 0 unspecified atom stereocenters. The lowest BCUT2D eigenvalue weighted by atomic mass is 9.94. The lowest BCUT2D eigenvalue weighted by Gasteiger charge is -2.21. The first kappa shape index (κ1) is 20.5. The zero-order valence-corrected chi connectivity index (χ0v) is 17.1. The van der Waals surface area contributed by atoms with Crippen molar-refractivity contribution < 1.29 is 13.6 Å². The number of aryl methyl sites for hydroxylation is 1. The number of carbonyl (C=O) groups is 1. The molecule has 0 saturated carbocycles. The molecular weight excluding hydrogens is 357 g/mol. The highest BCUT2D eigenvalue weighted by Gasteiger charge is 2.22. The Morgan fingerprint density at radius 3 is 2.68 bits per heavy atom. The summed E-state index contributed by atoms with van der Waals surface area (Å²) < 4.78 is 19.6. The first-order valence-electron chi connectivity index (χ1n) is 10.0. The van der Waals surface area contributed by atoms with Gasteiger partial charge in [-0.3, -0.25) is 9.69 Å². The quantitative estimate of drug-likeness (QED) is 0.783. The van der Waals surface area contributed by atoms with Crippen LogP contribution in [0.2, 0.25) is 0 Å². The summed E-state index contributed by atoms with van der Waals surface area (Å²) in [7, 11) is 0. The standard InChI is InChI=1S/C22H30FN3O2/c1-22(2,3)19-15-24-20(28-19)16-25-11-6-12-26(14-13-25)21(27)10-9-17-7-4-5-8-18(17)23/h4-5,7-8,15H,6,9-14,16H2,1-3H3. The maximum absolute atomic E-state index is 13.7. The van der Waals surface area contributed by atoms with Crippen LogP contribution < -0.4 is 0 Å². The fourth-order valence-corrected chi connectivity index (χ4v) is 3.40. The van der Waals surface area contributed by atoms with Crippen molar-refractivity contribution in [2.75, 3.05) is 26.2 Å². The van der Waals surface area contributed by atoms with Gasteiger partial charge in [-0.25, -0.2) is 9.37 Å². The number of benzene rings is 1. The number of oxazole rings is 1. The zero-order chi connectivity index (χ0) is 20.1. The number of nitrogens with zero attached hydrogens (tertiary/aromatic N) is 3. The van der Waals surface area contributed by atoms with E-state index in [1.165, 1.54) is 6.07 Å². The Morgan fingerprint density at radius 1 is 1.18 bits per heavy atom. The van der Waals surface area contributed by atoms with Gasteiger partial charge in [0.25, 0.3) is 0 Å². The van der Waals surface area contributed by atoms with E-state index in [0.717, 1.165) is 37.7 Å². The largest absolute Gasteiger partial charge is 0.444 e. The second-order valence-corrected chi connectivity index (χ2v) is 8.47. The lowest BCUT2D eigenvalue weighted by Crippen LogP contribution is -2.35. The van der Waals surface area contributed by atoms with Crippen molar-refractivity contribution in [3.63, 3.8) is 0 Å². The minimum atomic E-state index is -0.238. The third-order valence-corrected chi connectivity index (χ3v) is 5.16. The van der Waals surface area contributed by atoms with E-state index >= 15 is 0 Å². The summed E-state index contributed by atoms with van der Waals surface area (Å²) in [5.41, 5.74) is 0.553. The van der Waals surface area contributed by atoms with Crippen LogP contribution in [0.4, 0.5) is 4.39 Å². The molecule has 1 fully saturated rings. The van der Waals surface area contributed by atoms with E-state index in [2.05, 4.69) is 30.7 Å². The number of amides is 1. The van der Waals surface area contributed by atoms with Crippen molar-refractivity contribution in [1.29, 1.82) is 0 Å². The normalized spacial score (nSPS) is 16.2. The zero-order valence-electron chi connectivity index (χ0n) is 17.1. The van der Waals surface area contributed by atoms with Crippen LogP contribution in [0.5, 0.6) is 0 Å². The first-order valence-corrected chi connectivity index (χ1v) is 10.0. The van der Waals surface area contributed by atoms with E-state index in [0.29, 0.717) is 31.5 Å². The molecule has 152 valence electrons. The van der Waals surface area contributed by atoms with Gasteiger partial charge in [0, 0.05) is 38.0 Å². The molecule has 6 heteroatoms. The summed E-state index contributed by atoms with van der Waals surface area (Å²) in [6.07, 6.45) is 3.51. The average Bonchev–Trinajstić information content (AvgIpc) is 3.00. The van der Waals surface area contributed by atoms with Crippen LogP contribution in [0.1, 0.15) is 50.8 Å². The number of rotatable bonds is 5. The van der Waals surface area contributed by atoms with Gasteiger partial charge < -0.3 is 9.32 Å². The molecule has 0 aliphatic carbocycles. The predicted octanol–water partition coefficient (Wildman–Crippen LogP) is 3.78. The molecule has 0 N–H and O–H groups in total. The number of halogens is 1. The fraction of sp³-hybridized carbons (Fsp3) is 0.545. The van der Waals surface area contributed by atoms with Crippen molar-refractivity contribution in [2.45, 2.75) is 52.0 Å². The highest BCUT2D eigenvalue weighted by molar-refractivity contribution is 5.76. The number of aromatic nitrogens is 1. The van der Waals surface area contributed by atoms with Gasteiger partial charge in [-0.15, -0.1) is 0 Å². The van der Waals surface area contributed by atoms with Crippen molar-refractivity contribution >= 4 is 5.91 Å². The highest BCUT2D eigenvalue weighted by Crippen LogP contribution is 2.23. The summed E-state index contributed by atoms with van der Waals surface area (Å²) in [6, 6.07) is 6.66. The molecule has 1 amide bonds. The van der Waals surface area contributed by atoms with Crippen LogP contribution in [0.25, 0.3) is 0 Å². The van der Waals surface area contributed by atoms with E-state index in [-0.39, 0.29) is 17.1 Å². The molecule has 0 spiro atoms. The minimum Gasteiger partial charge on any atom is -0.444 e. The van der Waals surface area contributed by atoms with Gasteiger partial charge in [0.15, 0.2) is 0 Å². The molecule has 2 heterocycles. The van der Waals surface area contributed by atoms with Gasteiger partial charge in [-0.1, -0.05) is 39.0 Å². The second-order valence-electron chi connectivity index (χ2n) is 8.47. The van der Waals surface area contributed by atoms with Gasteiger partial charge in [0.2, 0.25) is 11.8 Å². The SMILES string of the molecule is CC(C)(C)c1cnc(CN2CCCN(C(=O)CCc3ccccc3F)CC2)o1. The lowest BCUT2D eigenvalue weighted by molar-refractivity contribution is -0.131. The molecule has 1 aliphatic heterocycles. The van der Waals surface area contributed by atoms with Crippen LogP contribution in [0.15, 0.2) is 34.9 Å². The summed E-state index contributed by atoms with van der Waals surface area (Å²) in [4.78, 5) is 21.2. The Labute approximate surface area is 166 Å². The Hall–Kier alpha value is -2.21. The Balaban J connectivity index is 1.49. The van der Waals surface area contributed by atoms with Gasteiger partial charge in [0.1, 0.15) is 11.6 Å². The van der Waals surface area contributed by atoms with Crippen LogP contribution in [-0.4, -0.2) is 46.9 Å². The highest BCUT2D eigenvalue weighted by atomic mass is 19.1. The Morgan fingerprint density at radius 2 is 1.96 bits per heavy atom. The molecule has 1 aromatic carbocycles. The molecule has 3 rings (SSSR count). The second kappa shape index (κ2) is 8.86. The van der Waals surface area contributed by atoms with Crippen molar-refractivity contribution in [2.24, 2.45) is 0 Å². The third kappa shape index (κ3) is 5.41. The van der Waals surface area contributed by atoms with E-state index in [9.17, 15) is 9.18 Å². The van der Waals surface area contributed by atoms with Gasteiger partial charge in [-0.05, 0) is 24.5 Å². The molecule has 28 heavy (non-hydrogen) atoms. The van der Waals surface area contributed by atoms with E-state index < -0.39 is 0 Å².